The zero-order chi connectivity index (χ0) is 24.4. The molecule has 1 aromatic carbocycles. The quantitative estimate of drug-likeness (QED) is 0.881. The number of likely N-dealkylation sites (tertiary alicyclic amines) is 1. The number of benzene rings is 1. The Morgan fingerprint density at radius 2 is 2.57 bits per heavy atom. The molecular weight excluding hydrogens is 294 g/mol. The molecule has 1 saturated heterocycles. The summed E-state index contributed by atoms with van der Waals surface area (Å²) in [5.41, 5.74) is -2.97. The zero-order valence-corrected chi connectivity index (χ0v) is 12.2. The van der Waals surface area contributed by atoms with Gasteiger partial charge in [-0.05, 0) is 44.4 Å². The van der Waals surface area contributed by atoms with Gasteiger partial charge in [-0.1, -0.05) is 6.04 Å². The predicted molar refractivity (Wildman–Crippen MR) is 83.0 cm³/mol. The monoisotopic (exact) mass is 325 g/mol. The number of ether oxygens (including phenoxy) is 2. The lowest BCUT2D eigenvalue weighted by Gasteiger charge is -2.62. The number of carbonyl (C=O) groups excluding carboxylic acids is 1. The highest BCUT2D eigenvalue weighted by molar-refractivity contribution is 5.90. The predicted octanol–water partition coefficient (Wildman–Crippen LogP) is 1.05. The Morgan fingerprint density at radius 1 is 1.61 bits per heavy atom. The van der Waals surface area contributed by atoms with Crippen molar-refractivity contribution in [3.8, 4) is 11.5 Å². The van der Waals surface area contributed by atoms with Crippen molar-refractivity contribution in [1.29, 1.82) is 1.43 Å². The first-order chi connectivity index (χ1) is 15.1. The van der Waals surface area contributed by atoms with Gasteiger partial charge < -0.3 is 19.5 Å². The van der Waals surface area contributed by atoms with E-state index in [4.69, 9.17) is 28.4 Å². The summed E-state index contributed by atoms with van der Waals surface area (Å²) >= 11 is 0. The fourth-order valence-corrected chi connectivity index (χ4v) is 4.97. The van der Waals surface area contributed by atoms with Gasteiger partial charge in [0.2, 0.25) is 1.43 Å². The van der Waals surface area contributed by atoms with Crippen LogP contribution in [-0.2, 0) is 16.6 Å². The second-order valence-electron chi connectivity index (χ2n) is 6.68. The van der Waals surface area contributed by atoms with Crippen LogP contribution >= 0.6 is 0 Å². The molecule has 23 heavy (non-hydrogen) atoms. The van der Waals surface area contributed by atoms with Gasteiger partial charge in [-0.3, -0.25) is 4.79 Å². The van der Waals surface area contributed by atoms with E-state index in [1.807, 2.05) is 0 Å². The number of Topliss-reactive ketones (excluding diaryl/α,β-unsaturated/α-hetero) is 1. The minimum atomic E-state index is -2.99. The topological polar surface area (TPSA) is 59.0 Å². The molecule has 1 spiro atoms. The Morgan fingerprint density at radius 3 is 3.39 bits per heavy atom. The highest BCUT2D eigenvalue weighted by atomic mass is 16.5. The van der Waals surface area contributed by atoms with Crippen molar-refractivity contribution in [2.45, 2.75) is 48.8 Å². The molecule has 2 aliphatic heterocycles. The van der Waals surface area contributed by atoms with E-state index in [9.17, 15) is 4.79 Å². The fourth-order valence-electron chi connectivity index (χ4n) is 4.97. The van der Waals surface area contributed by atoms with E-state index < -0.39 is 60.8 Å². The molecule has 4 atom stereocenters. The molecule has 1 unspecified atom stereocenters. The second kappa shape index (κ2) is 4.08. The number of aliphatic hydroxyl groups is 1. The molecule has 0 amide bonds. The third-order valence-electron chi connectivity index (χ3n) is 5.92. The van der Waals surface area contributed by atoms with Gasteiger partial charge in [0, 0.05) is 22.1 Å². The number of piperidine rings is 1. The van der Waals surface area contributed by atoms with E-state index in [2.05, 4.69) is 0 Å². The molecule has 122 valence electrons. The van der Waals surface area contributed by atoms with E-state index in [1.54, 1.807) is 0 Å². The van der Waals surface area contributed by atoms with Gasteiger partial charge in [-0.15, -0.1) is 0 Å². The third kappa shape index (κ3) is 1.32. The number of rotatable bonds is 2. The Hall–Kier alpha value is -1.59. The van der Waals surface area contributed by atoms with Crippen LogP contribution in [0.25, 0.3) is 0 Å². The summed E-state index contributed by atoms with van der Waals surface area (Å²) in [5.74, 6) is -1.48. The maximum atomic E-state index is 13.1. The molecule has 5 heteroatoms. The van der Waals surface area contributed by atoms with Gasteiger partial charge in [0.25, 0.3) is 0 Å². The maximum Gasteiger partial charge on any atom is 0.211 e. The van der Waals surface area contributed by atoms with Gasteiger partial charge in [-0.25, -0.2) is 0 Å². The van der Waals surface area contributed by atoms with Crippen LogP contribution in [0.3, 0.4) is 0 Å². The summed E-state index contributed by atoms with van der Waals surface area (Å²) in [6.07, 6.45) is -2.82. The number of nitrogens with zero attached hydrogens (tertiary/aromatic N) is 1. The first kappa shape index (κ1) is 7.11. The molecule has 0 radical (unpaired) electrons. The first-order valence-electron chi connectivity index (χ1n) is 12.5. The largest absolute Gasteiger partial charge is 0.493 e. The maximum absolute atomic E-state index is 13.1. The molecular formula is C18H21NO4. The van der Waals surface area contributed by atoms with Gasteiger partial charge in [0.1, 0.15) is 0 Å². The minimum Gasteiger partial charge on any atom is -0.493 e. The summed E-state index contributed by atoms with van der Waals surface area (Å²) < 4.78 is 91.5. The highest BCUT2D eigenvalue weighted by Gasteiger charge is 2.72. The Kier molecular flexibility index (Phi) is 1.26. The van der Waals surface area contributed by atoms with Crippen molar-refractivity contribution in [2.24, 2.45) is 0 Å². The first-order valence-corrected chi connectivity index (χ1v) is 7.63. The smallest absolute Gasteiger partial charge is 0.211 e. The van der Waals surface area contributed by atoms with E-state index in [1.165, 1.54) is 4.90 Å². The summed E-state index contributed by atoms with van der Waals surface area (Å²) in [6, 6.07) is -1.98. The number of carbonyl (C=O) groups is 1. The van der Waals surface area contributed by atoms with Crippen LogP contribution in [0.1, 0.15) is 42.7 Å². The van der Waals surface area contributed by atoms with Crippen molar-refractivity contribution in [1.82, 2.24) is 4.90 Å². The van der Waals surface area contributed by atoms with Crippen molar-refractivity contribution in [3.63, 3.8) is 0 Å². The number of hydrogen-bond donors (Lipinski definition) is 1. The van der Waals surface area contributed by atoms with Gasteiger partial charge in [0.05, 0.1) is 26.3 Å². The molecule has 4 aliphatic rings. The van der Waals surface area contributed by atoms with Crippen LogP contribution in [0.5, 0.6) is 11.5 Å². The van der Waals surface area contributed by atoms with Crippen LogP contribution in [0.2, 0.25) is 0 Å². The van der Waals surface area contributed by atoms with Crippen LogP contribution in [-0.4, -0.2) is 55.5 Å². The van der Waals surface area contributed by atoms with Gasteiger partial charge in [-0.2, -0.15) is 0 Å². The Balaban J connectivity index is 1.88. The van der Waals surface area contributed by atoms with E-state index in [0.29, 0.717) is 0 Å². The van der Waals surface area contributed by atoms with Crippen LogP contribution in [0.4, 0.5) is 0 Å². The van der Waals surface area contributed by atoms with Gasteiger partial charge >= 0.3 is 0 Å². The number of ketones is 1. The Bertz CT molecular complexity index is 1070. The van der Waals surface area contributed by atoms with Crippen molar-refractivity contribution < 1.29 is 31.7 Å². The molecule has 2 bridgehead atoms. The summed E-state index contributed by atoms with van der Waals surface area (Å²) in [6.45, 7) is -2.63. The van der Waals surface area contributed by atoms with E-state index in [0.717, 1.165) is 0 Å². The second-order valence-corrected chi connectivity index (χ2v) is 6.68. The summed E-state index contributed by atoms with van der Waals surface area (Å²) in [4.78, 5) is 14.3. The average Bonchev–Trinajstić information content (AvgIpc) is 2.96. The number of methoxy groups -OCH3 is 1. The van der Waals surface area contributed by atoms with E-state index >= 15 is 0 Å². The molecule has 5 rings (SSSR count). The SMILES string of the molecule is [2H]O[C@@]12CCC(=O)C3([2H])Oc4c(OC([2H])([2H])[2H])c([2H])c([2H])c5c4[C@@]31CCN(C([2H])([2H])[2H])[C@@H]2C5. The molecule has 2 aliphatic carbocycles. The Labute approximate surface area is 149 Å². The van der Waals surface area contributed by atoms with Crippen LogP contribution in [0, 0.1) is 0 Å². The van der Waals surface area contributed by atoms with Gasteiger partial charge in [0.15, 0.2) is 23.4 Å². The normalized spacial score (nSPS) is 51.1. The lowest BCUT2D eigenvalue weighted by atomic mass is 9.49. The van der Waals surface area contributed by atoms with Crippen LogP contribution in [0.15, 0.2) is 12.1 Å². The summed E-state index contributed by atoms with van der Waals surface area (Å²) in [5, 5.41) is 5.30. The molecule has 5 nitrogen and oxygen atoms in total. The minimum absolute atomic E-state index is 0.0408. The zero-order valence-electron chi connectivity index (χ0n) is 22.2. The molecule has 1 N–H and O–H groups in total. The third-order valence-corrected chi connectivity index (χ3v) is 5.92. The van der Waals surface area contributed by atoms with Crippen molar-refractivity contribution >= 4 is 5.78 Å². The molecule has 0 aromatic heterocycles. The number of likely N-dealkylation sites (N-methyl/N-ethyl adjacent to an activating group) is 1. The van der Waals surface area contributed by atoms with Crippen molar-refractivity contribution in [2.75, 3.05) is 20.6 Å². The van der Waals surface area contributed by atoms with Crippen molar-refractivity contribution in [3.05, 3.63) is 23.2 Å². The molecule has 1 aromatic rings. The number of hydrogen-bond acceptors (Lipinski definition) is 5. The average molecular weight is 325 g/mol. The lowest BCUT2D eigenvalue weighted by Crippen LogP contribution is -2.76. The lowest BCUT2D eigenvalue weighted by molar-refractivity contribution is -0.185. The van der Waals surface area contributed by atoms with E-state index in [-0.39, 0.29) is 49.1 Å². The molecule has 1 saturated carbocycles. The molecule has 2 heterocycles. The summed E-state index contributed by atoms with van der Waals surface area (Å²) in [7, 11) is -2.99. The molecule has 2 fully saturated rings. The van der Waals surface area contributed by atoms with Crippen LogP contribution < -0.4 is 9.47 Å². The fraction of sp³-hybridized carbons (Fsp3) is 0.611. The standard InChI is InChI=1S/C18H21NO4/c1-19-8-7-17-14-10-3-4-12(22-2)15(14)23-16(17)11(20)5-6-18(17,21)13(19)9-10/h3-4,13,16,21H,5-9H2,1-2H3/t13-,16?,17+,18-/m1/s1/i1D3,2D3,3D,4D,16D,21D. The highest BCUT2D eigenvalue weighted by Crippen LogP contribution is 2.64.